The number of ketones is 1. The SMILES string of the molecule is CC(=O)CC12CC(NC(=O)OC(C)(C)C)(C1)C2.CC(=O)OC(C)=O.CC(C)(C)OC(=O)NC12CC(N)(C1)C2. The van der Waals surface area contributed by atoms with Gasteiger partial charge in [0.2, 0.25) is 0 Å². The number of carbonyl (C=O) groups excluding carboxylic acids is 5. The topological polar surface area (TPSA) is 163 Å². The summed E-state index contributed by atoms with van der Waals surface area (Å²) in [6.45, 7) is 15.1. The summed E-state index contributed by atoms with van der Waals surface area (Å²) in [6, 6.07) is 0. The van der Waals surface area contributed by atoms with Crippen molar-refractivity contribution in [3.8, 4) is 0 Å². The zero-order valence-electron chi connectivity index (χ0n) is 24.3. The van der Waals surface area contributed by atoms with E-state index in [1.165, 1.54) is 13.8 Å². The van der Waals surface area contributed by atoms with Gasteiger partial charge >= 0.3 is 24.1 Å². The summed E-state index contributed by atoms with van der Waals surface area (Å²) in [4.78, 5) is 53.7. The molecule has 4 N–H and O–H groups in total. The van der Waals surface area contributed by atoms with Gasteiger partial charge in [0.1, 0.15) is 17.0 Å². The highest BCUT2D eigenvalue weighted by Gasteiger charge is 2.68. The zero-order chi connectivity index (χ0) is 29.4. The third-order valence-corrected chi connectivity index (χ3v) is 6.66. The van der Waals surface area contributed by atoms with Crippen LogP contribution in [-0.4, -0.2) is 57.7 Å². The van der Waals surface area contributed by atoms with Crippen LogP contribution in [0, 0.1) is 5.41 Å². The Balaban J connectivity index is 0.000000218. The quantitative estimate of drug-likeness (QED) is 0.275. The van der Waals surface area contributed by atoms with Gasteiger partial charge in [0.25, 0.3) is 0 Å². The van der Waals surface area contributed by atoms with Crippen LogP contribution in [0.3, 0.4) is 0 Å². The van der Waals surface area contributed by atoms with E-state index in [4.69, 9.17) is 15.2 Å². The van der Waals surface area contributed by atoms with Crippen LogP contribution in [0.25, 0.3) is 0 Å². The number of alkyl carbamates (subject to hydrolysis) is 2. The summed E-state index contributed by atoms with van der Waals surface area (Å²) in [7, 11) is 0. The van der Waals surface area contributed by atoms with Gasteiger partial charge in [-0.05, 0) is 92.4 Å². The van der Waals surface area contributed by atoms with Gasteiger partial charge in [-0.3, -0.25) is 9.59 Å². The Morgan fingerprint density at radius 2 is 1.03 bits per heavy atom. The highest BCUT2D eigenvalue weighted by molar-refractivity contribution is 5.82. The molecule has 6 aliphatic carbocycles. The van der Waals surface area contributed by atoms with Crippen molar-refractivity contribution < 1.29 is 38.2 Å². The number of hydrogen-bond donors (Lipinski definition) is 3. The van der Waals surface area contributed by atoms with Crippen molar-refractivity contribution in [1.82, 2.24) is 10.6 Å². The maximum atomic E-state index is 11.6. The predicted molar refractivity (Wildman–Crippen MR) is 139 cm³/mol. The molecule has 11 heteroatoms. The molecule has 0 saturated heterocycles. The third kappa shape index (κ3) is 8.96. The fraction of sp³-hybridized carbons (Fsp3) is 0.815. The monoisotopic (exact) mass is 539 g/mol. The number of nitrogens with one attached hydrogen (secondary N) is 2. The van der Waals surface area contributed by atoms with Gasteiger partial charge < -0.3 is 35.4 Å². The molecule has 4 bridgehead atoms. The van der Waals surface area contributed by atoms with Crippen LogP contribution in [0.4, 0.5) is 9.59 Å². The summed E-state index contributed by atoms with van der Waals surface area (Å²) in [5.41, 5.74) is 5.12. The van der Waals surface area contributed by atoms with Crippen molar-refractivity contribution in [3.63, 3.8) is 0 Å². The molecular weight excluding hydrogens is 494 g/mol. The molecule has 0 aliphatic heterocycles. The van der Waals surface area contributed by atoms with E-state index in [9.17, 15) is 24.0 Å². The molecule has 216 valence electrons. The van der Waals surface area contributed by atoms with E-state index < -0.39 is 23.1 Å². The number of nitrogens with two attached hydrogens (primary N) is 1. The summed E-state index contributed by atoms with van der Waals surface area (Å²) in [5, 5.41) is 5.84. The highest BCUT2D eigenvalue weighted by atomic mass is 16.6. The van der Waals surface area contributed by atoms with Crippen molar-refractivity contribution in [2.75, 3.05) is 0 Å². The highest BCUT2D eigenvalue weighted by Crippen LogP contribution is 2.69. The van der Waals surface area contributed by atoms with E-state index in [0.717, 1.165) is 38.5 Å². The summed E-state index contributed by atoms with van der Waals surface area (Å²) >= 11 is 0. The second kappa shape index (κ2) is 10.5. The Morgan fingerprint density at radius 1 is 0.684 bits per heavy atom. The Kier molecular flexibility index (Phi) is 8.68. The van der Waals surface area contributed by atoms with Gasteiger partial charge in [-0.1, -0.05) is 0 Å². The molecule has 0 spiro atoms. The number of Topliss-reactive ketones (excluding diaryl/α,β-unsaturated/α-hetero) is 1. The van der Waals surface area contributed by atoms with Gasteiger partial charge in [0.15, 0.2) is 0 Å². The molecule has 0 aromatic rings. The van der Waals surface area contributed by atoms with E-state index in [0.29, 0.717) is 6.42 Å². The molecule has 6 saturated carbocycles. The van der Waals surface area contributed by atoms with Gasteiger partial charge in [-0.2, -0.15) is 0 Å². The minimum absolute atomic E-state index is 0.0228. The lowest BCUT2D eigenvalue weighted by atomic mass is 9.38. The van der Waals surface area contributed by atoms with E-state index in [1.807, 2.05) is 41.5 Å². The number of hydrogen-bond acceptors (Lipinski definition) is 9. The minimum Gasteiger partial charge on any atom is -0.444 e. The molecule has 0 radical (unpaired) electrons. The summed E-state index contributed by atoms with van der Waals surface area (Å²) in [5.74, 6) is -0.879. The van der Waals surface area contributed by atoms with Gasteiger partial charge in [-0.15, -0.1) is 0 Å². The first-order valence-corrected chi connectivity index (χ1v) is 13.0. The van der Waals surface area contributed by atoms with Crippen molar-refractivity contribution in [2.45, 2.75) is 135 Å². The van der Waals surface area contributed by atoms with Crippen LogP contribution < -0.4 is 16.4 Å². The van der Waals surface area contributed by atoms with Crippen LogP contribution in [0.15, 0.2) is 0 Å². The lowest BCUT2D eigenvalue weighted by molar-refractivity contribution is -0.163. The van der Waals surface area contributed by atoms with Gasteiger partial charge in [0, 0.05) is 36.9 Å². The fourth-order valence-electron chi connectivity index (χ4n) is 6.09. The number of amides is 2. The van der Waals surface area contributed by atoms with Gasteiger partial charge in [-0.25, -0.2) is 9.59 Å². The van der Waals surface area contributed by atoms with Gasteiger partial charge in [0.05, 0.1) is 0 Å². The maximum absolute atomic E-state index is 11.6. The average molecular weight is 540 g/mol. The largest absolute Gasteiger partial charge is 0.444 e. The second-order valence-corrected chi connectivity index (χ2v) is 13.7. The molecule has 0 unspecified atom stereocenters. The summed E-state index contributed by atoms with van der Waals surface area (Å²) in [6.07, 6.45) is 5.49. The summed E-state index contributed by atoms with van der Waals surface area (Å²) < 4.78 is 14.4. The minimum atomic E-state index is -0.562. The van der Waals surface area contributed by atoms with Crippen molar-refractivity contribution in [1.29, 1.82) is 0 Å². The van der Waals surface area contributed by atoms with E-state index in [2.05, 4.69) is 15.4 Å². The Morgan fingerprint density at radius 3 is 1.26 bits per heavy atom. The molecule has 6 fully saturated rings. The third-order valence-electron chi connectivity index (χ3n) is 6.66. The van der Waals surface area contributed by atoms with Crippen LogP contribution in [0.2, 0.25) is 0 Å². The lowest BCUT2D eigenvalue weighted by Crippen LogP contribution is -2.82. The second-order valence-electron chi connectivity index (χ2n) is 13.7. The van der Waals surface area contributed by atoms with Crippen molar-refractivity contribution >= 4 is 29.9 Å². The predicted octanol–water partition coefficient (Wildman–Crippen LogP) is 3.65. The smallest absolute Gasteiger partial charge is 0.408 e. The van der Waals surface area contributed by atoms with Crippen LogP contribution in [0.5, 0.6) is 0 Å². The van der Waals surface area contributed by atoms with Crippen LogP contribution >= 0.6 is 0 Å². The maximum Gasteiger partial charge on any atom is 0.408 e. The average Bonchev–Trinajstić information content (AvgIpc) is 2.52. The molecule has 0 aromatic heterocycles. The van der Waals surface area contributed by atoms with E-state index in [-0.39, 0.29) is 40.0 Å². The van der Waals surface area contributed by atoms with E-state index in [1.54, 1.807) is 6.92 Å². The molecule has 38 heavy (non-hydrogen) atoms. The molecule has 11 nitrogen and oxygen atoms in total. The van der Waals surface area contributed by atoms with Crippen LogP contribution in [-0.2, 0) is 28.6 Å². The van der Waals surface area contributed by atoms with Crippen molar-refractivity contribution in [3.05, 3.63) is 0 Å². The van der Waals surface area contributed by atoms with Crippen LogP contribution in [0.1, 0.15) is 107 Å². The first-order valence-electron chi connectivity index (χ1n) is 13.0. The molecule has 2 amide bonds. The molecule has 0 heterocycles. The normalized spacial score (nSPS) is 31.3. The van der Waals surface area contributed by atoms with E-state index >= 15 is 0 Å². The molecule has 0 atom stereocenters. The zero-order valence-corrected chi connectivity index (χ0v) is 24.3. The molecule has 6 rings (SSSR count). The molecular formula is C27H45N3O8. The number of rotatable bonds is 4. The number of carbonyl (C=O) groups is 5. The number of ether oxygens (including phenoxy) is 3. The van der Waals surface area contributed by atoms with Crippen molar-refractivity contribution in [2.24, 2.45) is 11.1 Å². The Bertz CT molecular complexity index is 924. The molecule has 0 aromatic carbocycles. The Hall–Kier alpha value is -2.69. The lowest BCUT2D eigenvalue weighted by Gasteiger charge is -2.70. The Labute approximate surface area is 225 Å². The standard InChI is InChI=1S/C13H21NO3.C10H18N2O2.C4H6O3/c1-9(15)5-12-6-13(7-12,8-12)14-10(16)17-11(2,3)4;1-8(2,3)14-7(13)12-10-4-9(11,5-10)6-10;1-3(5)7-4(2)6/h5-8H2,1-4H3,(H,14,16);4-6,11H2,1-3H3,(H,12,13);1-2H3. The first kappa shape index (κ1) is 31.5. The molecule has 6 aliphatic rings. The fourth-order valence-corrected chi connectivity index (χ4v) is 6.09. The number of esters is 2. The first-order chi connectivity index (χ1) is 17.0.